The molecule has 0 unspecified atom stereocenters. The van der Waals surface area contributed by atoms with E-state index in [4.69, 9.17) is 16.5 Å². The van der Waals surface area contributed by atoms with Gasteiger partial charge in [-0.3, -0.25) is 57.7 Å². The van der Waals surface area contributed by atoms with E-state index in [9.17, 15) is 62.1 Å². The van der Waals surface area contributed by atoms with Crippen LogP contribution in [-0.4, -0.2) is 185 Å². The number of carbonyl (C=O) groups excluding carboxylic acids is 10. The number of aromatic hydroxyl groups is 1. The molecule has 1 saturated heterocycles. The maximum absolute atomic E-state index is 15.0. The average molecular weight is 1420 g/mol. The van der Waals surface area contributed by atoms with E-state index >= 15 is 9.59 Å². The number of nitrogens with zero attached hydrogens (tertiary/aromatic N) is 3. The molecule has 29 nitrogen and oxygen atoms in total. The normalized spacial score (nSPS) is 22.1. The van der Waals surface area contributed by atoms with Crippen molar-refractivity contribution in [1.82, 2.24) is 72.4 Å². The summed E-state index contributed by atoms with van der Waals surface area (Å²) in [4.78, 5) is 175. The number of aromatic amines is 3. The van der Waals surface area contributed by atoms with Gasteiger partial charge in [0.2, 0.25) is 59.1 Å². The van der Waals surface area contributed by atoms with Crippen LogP contribution in [0.1, 0.15) is 78.7 Å². The Kier molecular flexibility index (Phi) is 26.1. The molecule has 8 atom stereocenters. The number of aliphatic carboxylic acids is 1. The van der Waals surface area contributed by atoms with Crippen LogP contribution in [-0.2, 0) is 89.9 Å². The number of hydrogen-bond acceptors (Lipinski definition) is 17. The van der Waals surface area contributed by atoms with Crippen LogP contribution in [0.4, 0.5) is 8.78 Å². The number of carboxylic acids is 1. The topological polar surface area (TPSA) is 453 Å². The van der Waals surface area contributed by atoms with E-state index in [1.807, 2.05) is 0 Å². The van der Waals surface area contributed by atoms with Gasteiger partial charge in [0.25, 0.3) is 0 Å². The van der Waals surface area contributed by atoms with Gasteiger partial charge in [0.1, 0.15) is 65.7 Å². The third-order valence-electron chi connectivity index (χ3n) is 16.8. The summed E-state index contributed by atoms with van der Waals surface area (Å²) >= 11 is 2.66. The Morgan fingerprint density at radius 3 is 1.83 bits per heavy atom. The van der Waals surface area contributed by atoms with Crippen LogP contribution in [0.2, 0.25) is 0 Å². The number of primary amides is 1. The number of phenols is 1. The Hall–Kier alpha value is -10.4. The van der Waals surface area contributed by atoms with Gasteiger partial charge in [-0.25, -0.2) is 13.8 Å². The number of nitrogens with one attached hydrogen (secondary N) is 11. The first-order valence-corrected chi connectivity index (χ1v) is 34.7. The van der Waals surface area contributed by atoms with Crippen LogP contribution in [0.3, 0.4) is 0 Å². The van der Waals surface area contributed by atoms with E-state index in [1.54, 1.807) is 18.2 Å². The number of carbonyl (C=O) groups is 11. The zero-order valence-electron chi connectivity index (χ0n) is 54.1. The second-order valence-electron chi connectivity index (χ2n) is 24.2. The molecule has 6 heterocycles. The third-order valence-corrected chi connectivity index (χ3v) is 18.9. The van der Waals surface area contributed by atoms with Crippen molar-refractivity contribution in [2.24, 2.45) is 11.5 Å². The molecule has 17 N–H and O–H groups in total. The van der Waals surface area contributed by atoms with Crippen molar-refractivity contribution in [2.45, 2.75) is 130 Å². The molecule has 33 heteroatoms. The molecule has 7 aromatic rings. The first-order valence-electron chi connectivity index (χ1n) is 32.3. The predicted octanol–water partition coefficient (Wildman–Crippen LogP) is 1.18. The number of pyridine rings is 1. The summed E-state index contributed by atoms with van der Waals surface area (Å²) in [5.74, 6) is -11.0. The molecule has 2 aliphatic rings. The van der Waals surface area contributed by atoms with Gasteiger partial charge in [0.15, 0.2) is 0 Å². The summed E-state index contributed by atoms with van der Waals surface area (Å²) in [5.41, 5.74) is 14.9. The van der Waals surface area contributed by atoms with Gasteiger partial charge in [-0.15, -0.1) is 0 Å². The number of amides is 10. The summed E-state index contributed by atoms with van der Waals surface area (Å²) in [6.07, 6.45) is 4.45. The molecular formula is C67H78F2N16O13S2. The molecule has 0 saturated carbocycles. The molecule has 2 aliphatic heterocycles. The number of fused-ring (bicyclic) bond motifs is 5. The van der Waals surface area contributed by atoms with Crippen molar-refractivity contribution in [3.8, 4) is 5.75 Å². The fourth-order valence-electron chi connectivity index (χ4n) is 11.7. The van der Waals surface area contributed by atoms with Gasteiger partial charge in [-0.05, 0) is 116 Å². The fourth-order valence-corrected chi connectivity index (χ4v) is 13.5. The number of rotatable bonds is 15. The SMILES string of the molecule is NCCCC[C@@H]1NC(=O)CCSCc2cccc(n2)CSC[C@@H](C(N)=O)NC(=O)[C@@H]2CCCN2C(=O)[C@H](Cc2ccc(O)cc2)NC(=O)[C@H](Cc2c[nH]cn2)NC(=O)[C@H](CC(=O)O)NC(=O)[C@H](Cc2c[nH]c3ccc(F)cc23)NC(=O)[C@H](Cc2c[nH]c3ccc(F)cc23)NC(=O)CNC1=O. The largest absolute Gasteiger partial charge is 0.508 e. The Balaban J connectivity index is 1.05. The number of H-pyrrole nitrogens is 3. The van der Waals surface area contributed by atoms with Crippen LogP contribution in [0.15, 0.2) is 104 Å². The number of benzene rings is 3. The van der Waals surface area contributed by atoms with E-state index in [0.717, 1.165) is 6.07 Å². The standard InChI is InChI=1S/C67H78F2N16O13S2/c68-39-11-15-47-45(24-39)37(28-73-47)22-50-62(93)80-51(23-38-29-74-48-16-12-40(69)25-46(38)48)63(94)82-53(27-59(89)90)65(96)81-52(26-43-30-72-35-76-43)64(95)83-54(21-36-9-13-44(86)14-10-36)67(98)85-19-4-8-56(85)66(97)84-55(60(71)91)34-100-33-42-6-3-5-41(77-42)32-99-20-17-57(87)78-49(7-1-2-18-70)61(92)75-31-58(88)79-50/h3,5-6,9-16,24-25,28-30,35,49-56,73-74,86H,1-2,4,7-8,17-23,26-27,31-34,70H2,(H2,71,91)(H,72,76)(H,75,92)(H,78,87)(H,79,88)(H,80,93)(H,81,96)(H,82,94)(H,83,95)(H,84,97)(H,89,90)/t49-,50-,51-,52-,53-,54-,55-,56-/m0/s1. The number of nitrogens with two attached hydrogens (primary N) is 2. The Morgan fingerprint density at radius 2 is 1.22 bits per heavy atom. The smallest absolute Gasteiger partial charge is 0.305 e. The van der Waals surface area contributed by atoms with Gasteiger partial charge in [-0.1, -0.05) is 18.2 Å². The second-order valence-corrected chi connectivity index (χ2v) is 26.4. The lowest BCUT2D eigenvalue weighted by Crippen LogP contribution is -2.61. The monoisotopic (exact) mass is 1420 g/mol. The molecule has 0 aliphatic carbocycles. The van der Waals surface area contributed by atoms with Crippen LogP contribution in [0, 0.1) is 11.6 Å². The van der Waals surface area contributed by atoms with E-state index < -0.39 is 151 Å². The predicted molar refractivity (Wildman–Crippen MR) is 365 cm³/mol. The number of aromatic nitrogens is 5. The summed E-state index contributed by atoms with van der Waals surface area (Å²) in [6, 6.07) is 6.50. The molecule has 530 valence electrons. The van der Waals surface area contributed by atoms with Crippen molar-refractivity contribution in [3.05, 3.63) is 149 Å². The van der Waals surface area contributed by atoms with E-state index in [0.29, 0.717) is 75.5 Å². The Labute approximate surface area is 579 Å². The average Bonchev–Trinajstić information content (AvgIpc) is 1.64. The molecule has 3 aromatic carbocycles. The highest BCUT2D eigenvalue weighted by Crippen LogP contribution is 2.26. The third kappa shape index (κ3) is 20.8. The Bertz CT molecular complexity index is 4100. The minimum atomic E-state index is -2.05. The number of unbranched alkanes of at least 4 members (excludes halogenated alkanes) is 1. The maximum atomic E-state index is 15.0. The van der Waals surface area contributed by atoms with E-state index in [1.165, 1.54) is 108 Å². The molecule has 1 fully saturated rings. The summed E-state index contributed by atoms with van der Waals surface area (Å²) in [7, 11) is 0. The second kappa shape index (κ2) is 35.4. The highest BCUT2D eigenvalue weighted by Gasteiger charge is 2.41. The first kappa shape index (κ1) is 73.8. The van der Waals surface area contributed by atoms with Crippen LogP contribution >= 0.6 is 23.5 Å². The van der Waals surface area contributed by atoms with Gasteiger partial charge in [0.05, 0.1) is 36.4 Å². The fraction of sp³-hybridized carbons (Fsp3) is 0.388. The maximum Gasteiger partial charge on any atom is 0.305 e. The molecule has 100 heavy (non-hydrogen) atoms. The Morgan fingerprint density at radius 1 is 0.630 bits per heavy atom. The van der Waals surface area contributed by atoms with Crippen molar-refractivity contribution in [3.63, 3.8) is 0 Å². The number of phenolic OH excluding ortho intramolecular Hbond substituents is 1. The highest BCUT2D eigenvalue weighted by atomic mass is 32.2. The highest BCUT2D eigenvalue weighted by molar-refractivity contribution is 7.98. The number of imidazole rings is 1. The number of thioether (sulfide) groups is 2. The van der Waals surface area contributed by atoms with Gasteiger partial charge >= 0.3 is 5.97 Å². The molecule has 4 aromatic heterocycles. The quantitative estimate of drug-likeness (QED) is 0.0641. The van der Waals surface area contributed by atoms with Crippen molar-refractivity contribution in [1.29, 1.82) is 0 Å². The summed E-state index contributed by atoms with van der Waals surface area (Å²) in [6.45, 7) is -0.431. The summed E-state index contributed by atoms with van der Waals surface area (Å²) in [5, 5.41) is 41.9. The summed E-state index contributed by atoms with van der Waals surface area (Å²) < 4.78 is 29.8. The molecular weight excluding hydrogens is 1340 g/mol. The zero-order chi connectivity index (χ0) is 71.4. The van der Waals surface area contributed by atoms with Gasteiger partial charge in [-0.2, -0.15) is 23.5 Å². The van der Waals surface area contributed by atoms with Crippen LogP contribution in [0.5, 0.6) is 5.75 Å². The van der Waals surface area contributed by atoms with Crippen molar-refractivity contribution < 1.29 is 71.7 Å². The molecule has 2 bridgehead atoms. The zero-order valence-corrected chi connectivity index (χ0v) is 55.7. The van der Waals surface area contributed by atoms with Gasteiger partial charge in [0, 0.05) is 102 Å². The molecule has 10 amide bonds. The number of halogens is 2. The van der Waals surface area contributed by atoms with Crippen LogP contribution in [0.25, 0.3) is 21.8 Å². The minimum absolute atomic E-state index is 0.0110. The minimum Gasteiger partial charge on any atom is -0.508 e. The van der Waals surface area contributed by atoms with E-state index in [2.05, 4.69) is 62.5 Å². The van der Waals surface area contributed by atoms with Crippen LogP contribution < -0.4 is 54.0 Å². The lowest BCUT2D eigenvalue weighted by Gasteiger charge is -2.31. The number of hydrogen-bond donors (Lipinski definition) is 15. The van der Waals surface area contributed by atoms with Crippen molar-refractivity contribution >= 4 is 110 Å². The van der Waals surface area contributed by atoms with Crippen molar-refractivity contribution in [2.75, 3.05) is 31.1 Å². The lowest BCUT2D eigenvalue weighted by atomic mass is 10.0. The molecule has 0 spiro atoms. The molecule has 9 rings (SSSR count). The molecule has 0 radical (unpaired) electrons. The van der Waals surface area contributed by atoms with E-state index in [-0.39, 0.29) is 73.3 Å². The lowest BCUT2D eigenvalue weighted by molar-refractivity contribution is -0.143. The number of carboxylic acid groups (broad SMARTS) is 1. The van der Waals surface area contributed by atoms with Gasteiger partial charge < -0.3 is 84.1 Å². The first-order chi connectivity index (χ1) is 48.1.